The summed E-state index contributed by atoms with van der Waals surface area (Å²) in [4.78, 5) is 0. The second kappa shape index (κ2) is 5.70. The Hall–Kier alpha value is -0.130. The number of nitrogens with zero attached hydrogens (tertiary/aromatic N) is 1. The number of sulfonamides is 1. The van der Waals surface area contributed by atoms with E-state index in [9.17, 15) is 13.5 Å². The van der Waals surface area contributed by atoms with E-state index in [0.29, 0.717) is 24.9 Å². The summed E-state index contributed by atoms with van der Waals surface area (Å²) in [6.45, 7) is 3.14. The van der Waals surface area contributed by atoms with Gasteiger partial charge in [0, 0.05) is 13.1 Å². The summed E-state index contributed by atoms with van der Waals surface area (Å²) in [5.74, 6) is 0.989. The maximum absolute atomic E-state index is 11.6. The van der Waals surface area contributed by atoms with Crippen LogP contribution in [0.4, 0.5) is 0 Å². The molecule has 0 spiro atoms. The zero-order valence-corrected chi connectivity index (χ0v) is 13.0. The van der Waals surface area contributed by atoms with E-state index in [1.807, 2.05) is 6.92 Å². The summed E-state index contributed by atoms with van der Waals surface area (Å²) < 4.78 is 24.8. The van der Waals surface area contributed by atoms with Gasteiger partial charge in [-0.1, -0.05) is 19.3 Å². The molecule has 2 aliphatic rings. The van der Waals surface area contributed by atoms with Gasteiger partial charge in [-0.25, -0.2) is 12.7 Å². The van der Waals surface area contributed by atoms with Crippen molar-refractivity contribution in [2.24, 2.45) is 11.8 Å². The number of rotatable bonds is 5. The molecule has 2 rings (SSSR count). The van der Waals surface area contributed by atoms with Crippen LogP contribution in [-0.4, -0.2) is 42.8 Å². The molecule has 0 aromatic rings. The fraction of sp³-hybridized carbons (Fsp3) is 1.00. The van der Waals surface area contributed by atoms with Crippen molar-refractivity contribution in [2.45, 2.75) is 57.5 Å². The van der Waals surface area contributed by atoms with Gasteiger partial charge in [-0.2, -0.15) is 0 Å². The second-order valence-electron chi connectivity index (χ2n) is 6.83. The lowest BCUT2D eigenvalue weighted by Crippen LogP contribution is -2.42. The molecular formula is C14H27NO3S. The SMILES string of the molecule is CC(O)(CC1CCC1)CC1CCCN(S(C)(=O)=O)C1. The van der Waals surface area contributed by atoms with E-state index in [1.165, 1.54) is 25.5 Å². The summed E-state index contributed by atoms with van der Waals surface area (Å²) in [5.41, 5.74) is -0.629. The summed E-state index contributed by atoms with van der Waals surface area (Å²) in [7, 11) is -3.08. The molecule has 112 valence electrons. The van der Waals surface area contributed by atoms with Gasteiger partial charge in [0.15, 0.2) is 0 Å². The Morgan fingerprint density at radius 1 is 1.16 bits per heavy atom. The highest BCUT2D eigenvalue weighted by Crippen LogP contribution is 2.37. The van der Waals surface area contributed by atoms with Crippen molar-refractivity contribution in [2.75, 3.05) is 19.3 Å². The van der Waals surface area contributed by atoms with Gasteiger partial charge in [-0.05, 0) is 44.4 Å². The molecule has 1 N–H and O–H groups in total. The van der Waals surface area contributed by atoms with Crippen molar-refractivity contribution < 1.29 is 13.5 Å². The largest absolute Gasteiger partial charge is 0.390 e. The Morgan fingerprint density at radius 2 is 1.74 bits per heavy atom. The topological polar surface area (TPSA) is 57.6 Å². The van der Waals surface area contributed by atoms with Crippen LogP contribution in [-0.2, 0) is 10.0 Å². The average molecular weight is 289 g/mol. The third-order valence-electron chi connectivity index (χ3n) is 4.63. The van der Waals surface area contributed by atoms with E-state index in [4.69, 9.17) is 0 Å². The van der Waals surface area contributed by atoms with Crippen molar-refractivity contribution in [3.8, 4) is 0 Å². The molecule has 1 saturated heterocycles. The molecule has 0 aromatic carbocycles. The van der Waals surface area contributed by atoms with Gasteiger partial charge in [0.2, 0.25) is 10.0 Å². The first kappa shape index (κ1) is 15.3. The minimum atomic E-state index is -3.08. The monoisotopic (exact) mass is 289 g/mol. The van der Waals surface area contributed by atoms with E-state index in [0.717, 1.165) is 25.7 Å². The van der Waals surface area contributed by atoms with E-state index < -0.39 is 15.6 Å². The Morgan fingerprint density at radius 3 is 2.26 bits per heavy atom. The number of hydrogen-bond donors (Lipinski definition) is 1. The fourth-order valence-electron chi connectivity index (χ4n) is 3.52. The zero-order valence-electron chi connectivity index (χ0n) is 12.1. The molecule has 2 fully saturated rings. The third kappa shape index (κ3) is 4.43. The maximum Gasteiger partial charge on any atom is 0.211 e. The minimum Gasteiger partial charge on any atom is -0.390 e. The van der Waals surface area contributed by atoms with Crippen LogP contribution in [0.1, 0.15) is 51.9 Å². The number of hydrogen-bond acceptors (Lipinski definition) is 3. The minimum absolute atomic E-state index is 0.304. The predicted octanol–water partition coefficient (Wildman–Crippen LogP) is 1.99. The fourth-order valence-corrected chi connectivity index (χ4v) is 4.46. The van der Waals surface area contributed by atoms with Crippen LogP contribution >= 0.6 is 0 Å². The third-order valence-corrected chi connectivity index (χ3v) is 5.90. The second-order valence-corrected chi connectivity index (χ2v) is 8.81. The molecule has 0 aromatic heterocycles. The molecule has 1 heterocycles. The smallest absolute Gasteiger partial charge is 0.211 e. The van der Waals surface area contributed by atoms with Crippen molar-refractivity contribution in [3.63, 3.8) is 0 Å². The maximum atomic E-state index is 11.6. The zero-order chi connectivity index (χ0) is 14.1. The van der Waals surface area contributed by atoms with Gasteiger partial charge in [0.25, 0.3) is 0 Å². The van der Waals surface area contributed by atoms with Gasteiger partial charge < -0.3 is 5.11 Å². The predicted molar refractivity (Wildman–Crippen MR) is 76.3 cm³/mol. The van der Waals surface area contributed by atoms with Gasteiger partial charge in [0.1, 0.15) is 0 Å². The molecule has 2 unspecified atom stereocenters. The van der Waals surface area contributed by atoms with E-state index in [-0.39, 0.29) is 0 Å². The van der Waals surface area contributed by atoms with Crippen LogP contribution in [0.5, 0.6) is 0 Å². The lowest BCUT2D eigenvalue weighted by molar-refractivity contribution is -0.00739. The quantitative estimate of drug-likeness (QED) is 0.842. The molecule has 2 atom stereocenters. The lowest BCUT2D eigenvalue weighted by Gasteiger charge is -2.38. The molecule has 4 nitrogen and oxygen atoms in total. The first-order valence-corrected chi connectivity index (χ1v) is 9.29. The van der Waals surface area contributed by atoms with Gasteiger partial charge >= 0.3 is 0 Å². The molecule has 0 amide bonds. The van der Waals surface area contributed by atoms with E-state index in [1.54, 1.807) is 4.31 Å². The van der Waals surface area contributed by atoms with Crippen LogP contribution < -0.4 is 0 Å². The van der Waals surface area contributed by atoms with Crippen LogP contribution in [0.2, 0.25) is 0 Å². The molecular weight excluding hydrogens is 262 g/mol. The highest BCUT2D eigenvalue weighted by molar-refractivity contribution is 7.88. The molecule has 1 aliphatic carbocycles. The van der Waals surface area contributed by atoms with Crippen LogP contribution in [0.3, 0.4) is 0 Å². The number of aliphatic hydroxyl groups is 1. The molecule has 1 saturated carbocycles. The van der Waals surface area contributed by atoms with Crippen molar-refractivity contribution in [1.29, 1.82) is 0 Å². The first-order valence-electron chi connectivity index (χ1n) is 7.44. The lowest BCUT2D eigenvalue weighted by atomic mass is 9.74. The normalized spacial score (nSPS) is 29.7. The summed E-state index contributed by atoms with van der Waals surface area (Å²) in [6.07, 6.45) is 8.63. The highest BCUT2D eigenvalue weighted by atomic mass is 32.2. The van der Waals surface area contributed by atoms with Crippen LogP contribution in [0.25, 0.3) is 0 Å². The molecule has 0 bridgehead atoms. The van der Waals surface area contributed by atoms with Crippen LogP contribution in [0, 0.1) is 11.8 Å². The van der Waals surface area contributed by atoms with Crippen molar-refractivity contribution in [3.05, 3.63) is 0 Å². The summed E-state index contributed by atoms with van der Waals surface area (Å²) in [5, 5.41) is 10.5. The van der Waals surface area contributed by atoms with Crippen molar-refractivity contribution >= 4 is 10.0 Å². The Kier molecular flexibility index (Phi) is 4.58. The Labute approximate surface area is 117 Å². The average Bonchev–Trinajstić information content (AvgIpc) is 2.22. The van der Waals surface area contributed by atoms with E-state index >= 15 is 0 Å². The van der Waals surface area contributed by atoms with Gasteiger partial charge in [-0.3, -0.25) is 0 Å². The molecule has 1 aliphatic heterocycles. The highest BCUT2D eigenvalue weighted by Gasteiger charge is 2.34. The van der Waals surface area contributed by atoms with Gasteiger partial charge in [-0.15, -0.1) is 0 Å². The number of piperidine rings is 1. The van der Waals surface area contributed by atoms with Crippen molar-refractivity contribution in [1.82, 2.24) is 4.31 Å². The molecule has 5 heteroatoms. The molecule has 19 heavy (non-hydrogen) atoms. The summed E-state index contributed by atoms with van der Waals surface area (Å²) >= 11 is 0. The Balaban J connectivity index is 1.87. The standard InChI is InChI=1S/C14H27NO3S/c1-14(16,9-12-5-3-6-12)10-13-7-4-8-15(11-13)19(2,17)18/h12-13,16H,3-11H2,1-2H3. The van der Waals surface area contributed by atoms with E-state index in [2.05, 4.69) is 0 Å². The van der Waals surface area contributed by atoms with Gasteiger partial charge in [0.05, 0.1) is 11.9 Å². The first-order chi connectivity index (χ1) is 8.76. The molecule has 0 radical (unpaired) electrons. The Bertz CT molecular complexity index is 401. The summed E-state index contributed by atoms with van der Waals surface area (Å²) in [6, 6.07) is 0. The van der Waals surface area contributed by atoms with Crippen LogP contribution in [0.15, 0.2) is 0 Å².